The van der Waals surface area contributed by atoms with Crippen LogP contribution in [0.25, 0.3) is 0 Å². The topological polar surface area (TPSA) is 91.4 Å². The van der Waals surface area contributed by atoms with E-state index in [4.69, 9.17) is 0 Å². The van der Waals surface area contributed by atoms with Gasteiger partial charge in [0.15, 0.2) is 0 Å². The second kappa shape index (κ2) is 6.57. The number of carbonyl (C=O) groups excluding carboxylic acids is 1. The molecule has 2 aliphatic rings. The molecule has 1 aliphatic heterocycles. The third kappa shape index (κ3) is 4.49. The summed E-state index contributed by atoms with van der Waals surface area (Å²) in [5, 5.41) is 3.22. The van der Waals surface area contributed by atoms with E-state index in [9.17, 15) is 13.2 Å². The molecular formula is C17H26N4O3S. The van der Waals surface area contributed by atoms with E-state index < -0.39 is 10.0 Å². The van der Waals surface area contributed by atoms with E-state index in [1.165, 1.54) is 6.20 Å². The third-order valence-corrected chi connectivity index (χ3v) is 6.00. The lowest BCUT2D eigenvalue weighted by molar-refractivity contribution is -0.131. The summed E-state index contributed by atoms with van der Waals surface area (Å²) in [7, 11) is -3.50. The zero-order chi connectivity index (χ0) is 18.2. The lowest BCUT2D eigenvalue weighted by Gasteiger charge is -2.32. The standard InChI is InChI=1S/C17H26N4O3S/c1-17(2,3)21-11-13(8-16(21)22)20-15-7-6-14(10-18-15)25(23,24)19-9-12-4-5-12/h6-7,10,12-13,19H,4-5,8-9,11H2,1-3H3,(H,18,20). The van der Waals surface area contributed by atoms with Gasteiger partial charge in [0.25, 0.3) is 0 Å². The van der Waals surface area contributed by atoms with Crippen LogP contribution in [0.4, 0.5) is 5.82 Å². The number of amides is 1. The normalized spacial score (nSPS) is 21.6. The van der Waals surface area contributed by atoms with Crippen LogP contribution in [0.15, 0.2) is 23.2 Å². The molecular weight excluding hydrogens is 340 g/mol. The Hall–Kier alpha value is -1.67. The minimum Gasteiger partial charge on any atom is -0.365 e. The van der Waals surface area contributed by atoms with E-state index in [2.05, 4.69) is 15.0 Å². The number of aromatic nitrogens is 1. The monoisotopic (exact) mass is 366 g/mol. The van der Waals surface area contributed by atoms with Crippen molar-refractivity contribution in [2.75, 3.05) is 18.4 Å². The predicted molar refractivity (Wildman–Crippen MR) is 95.6 cm³/mol. The molecule has 7 nitrogen and oxygen atoms in total. The number of likely N-dealkylation sites (tertiary alicyclic amines) is 1. The van der Waals surface area contributed by atoms with E-state index >= 15 is 0 Å². The van der Waals surface area contributed by atoms with Gasteiger partial charge in [0.1, 0.15) is 10.7 Å². The largest absolute Gasteiger partial charge is 0.365 e. The number of carbonyl (C=O) groups is 1. The summed E-state index contributed by atoms with van der Waals surface area (Å²) in [5.41, 5.74) is -0.202. The molecule has 2 fully saturated rings. The summed E-state index contributed by atoms with van der Waals surface area (Å²) in [4.78, 5) is 18.3. The Kier molecular flexibility index (Phi) is 4.76. The quantitative estimate of drug-likeness (QED) is 0.798. The molecule has 8 heteroatoms. The number of sulfonamides is 1. The highest BCUT2D eigenvalue weighted by Crippen LogP contribution is 2.28. The first-order valence-corrected chi connectivity index (χ1v) is 10.2. The van der Waals surface area contributed by atoms with Gasteiger partial charge in [-0.05, 0) is 51.7 Å². The molecule has 0 spiro atoms. The molecule has 2 N–H and O–H groups in total. The van der Waals surface area contributed by atoms with Crippen LogP contribution >= 0.6 is 0 Å². The van der Waals surface area contributed by atoms with Crippen LogP contribution in [0.3, 0.4) is 0 Å². The van der Waals surface area contributed by atoms with Crippen LogP contribution < -0.4 is 10.0 Å². The molecule has 1 aromatic rings. The van der Waals surface area contributed by atoms with Crippen molar-refractivity contribution in [3.05, 3.63) is 18.3 Å². The SMILES string of the molecule is CC(C)(C)N1CC(Nc2ccc(S(=O)(=O)NCC3CC3)cn2)CC1=O. The molecule has 1 saturated heterocycles. The van der Waals surface area contributed by atoms with Crippen LogP contribution in [0.1, 0.15) is 40.0 Å². The molecule has 0 bridgehead atoms. The lowest BCUT2D eigenvalue weighted by Crippen LogP contribution is -2.43. The second-order valence-electron chi connectivity index (χ2n) is 7.89. The number of hydrogen-bond donors (Lipinski definition) is 2. The number of nitrogens with zero attached hydrogens (tertiary/aromatic N) is 2. The van der Waals surface area contributed by atoms with E-state index in [-0.39, 0.29) is 22.4 Å². The first-order chi connectivity index (χ1) is 11.6. The highest BCUT2D eigenvalue weighted by molar-refractivity contribution is 7.89. The van der Waals surface area contributed by atoms with Crippen LogP contribution in [0.2, 0.25) is 0 Å². The van der Waals surface area contributed by atoms with Gasteiger partial charge in [0.2, 0.25) is 15.9 Å². The van der Waals surface area contributed by atoms with Gasteiger partial charge < -0.3 is 10.2 Å². The summed E-state index contributed by atoms with van der Waals surface area (Å²) >= 11 is 0. The Morgan fingerprint density at radius 1 is 1.28 bits per heavy atom. The van der Waals surface area contributed by atoms with Crippen LogP contribution in [-0.2, 0) is 14.8 Å². The molecule has 3 rings (SSSR count). The fraction of sp³-hybridized carbons (Fsp3) is 0.647. The number of hydrogen-bond acceptors (Lipinski definition) is 5. The number of nitrogens with one attached hydrogen (secondary N) is 2. The van der Waals surface area contributed by atoms with Gasteiger partial charge in [0.05, 0.1) is 6.04 Å². The third-order valence-electron chi connectivity index (χ3n) is 4.59. The van der Waals surface area contributed by atoms with Gasteiger partial charge in [-0.3, -0.25) is 4.79 Å². The molecule has 2 heterocycles. The van der Waals surface area contributed by atoms with Gasteiger partial charge in [-0.1, -0.05) is 0 Å². The maximum absolute atomic E-state index is 12.2. The van der Waals surface area contributed by atoms with E-state index in [1.807, 2.05) is 25.7 Å². The van der Waals surface area contributed by atoms with Crippen LogP contribution in [0.5, 0.6) is 0 Å². The van der Waals surface area contributed by atoms with Crippen molar-refractivity contribution in [1.82, 2.24) is 14.6 Å². The minimum atomic E-state index is -3.50. The summed E-state index contributed by atoms with van der Waals surface area (Å²) in [6.07, 6.45) is 3.96. The summed E-state index contributed by atoms with van der Waals surface area (Å²) < 4.78 is 27.0. The van der Waals surface area contributed by atoms with Gasteiger partial charge in [-0.25, -0.2) is 18.1 Å². The molecule has 1 atom stereocenters. The molecule has 25 heavy (non-hydrogen) atoms. The number of pyridine rings is 1. The zero-order valence-corrected chi connectivity index (χ0v) is 15.8. The zero-order valence-electron chi connectivity index (χ0n) is 14.9. The minimum absolute atomic E-state index is 0.0188. The highest BCUT2D eigenvalue weighted by Gasteiger charge is 2.36. The molecule has 1 amide bonds. The maximum Gasteiger partial charge on any atom is 0.242 e. The average Bonchev–Trinajstić information content (AvgIpc) is 3.27. The predicted octanol–water partition coefficient (Wildman–Crippen LogP) is 1.58. The Morgan fingerprint density at radius 3 is 2.52 bits per heavy atom. The second-order valence-corrected chi connectivity index (χ2v) is 9.66. The van der Waals surface area contributed by atoms with Crippen molar-refractivity contribution in [3.8, 4) is 0 Å². The Labute approximate surface area is 149 Å². The van der Waals surface area contributed by atoms with E-state index in [0.29, 0.717) is 31.2 Å². The van der Waals surface area contributed by atoms with Crippen LogP contribution in [-0.4, -0.2) is 48.9 Å². The van der Waals surface area contributed by atoms with Gasteiger partial charge in [-0.2, -0.15) is 0 Å². The van der Waals surface area contributed by atoms with E-state index in [1.54, 1.807) is 12.1 Å². The van der Waals surface area contributed by atoms with Crippen molar-refractivity contribution in [3.63, 3.8) is 0 Å². The Bertz CT molecular complexity index is 736. The van der Waals surface area contributed by atoms with Gasteiger partial charge in [-0.15, -0.1) is 0 Å². The fourth-order valence-electron chi connectivity index (χ4n) is 2.92. The van der Waals surface area contributed by atoms with Crippen molar-refractivity contribution in [2.24, 2.45) is 5.92 Å². The molecule has 1 aromatic heterocycles. The molecule has 1 saturated carbocycles. The van der Waals surface area contributed by atoms with Gasteiger partial charge in [0, 0.05) is 31.2 Å². The van der Waals surface area contributed by atoms with Crippen LogP contribution in [0, 0.1) is 5.92 Å². The highest BCUT2D eigenvalue weighted by atomic mass is 32.2. The summed E-state index contributed by atoms with van der Waals surface area (Å²) in [6.45, 7) is 7.15. The van der Waals surface area contributed by atoms with Gasteiger partial charge >= 0.3 is 0 Å². The average molecular weight is 366 g/mol. The number of rotatable bonds is 6. The van der Waals surface area contributed by atoms with Crippen molar-refractivity contribution in [2.45, 2.75) is 56.5 Å². The van der Waals surface area contributed by atoms with Crippen molar-refractivity contribution in [1.29, 1.82) is 0 Å². The summed E-state index contributed by atoms with van der Waals surface area (Å²) in [5.74, 6) is 1.18. The molecule has 0 aromatic carbocycles. The fourth-order valence-corrected chi connectivity index (χ4v) is 3.98. The molecule has 138 valence electrons. The van der Waals surface area contributed by atoms with E-state index in [0.717, 1.165) is 12.8 Å². The summed E-state index contributed by atoms with van der Waals surface area (Å²) in [6, 6.07) is 3.17. The van der Waals surface area contributed by atoms with Crippen molar-refractivity contribution >= 4 is 21.7 Å². The first-order valence-electron chi connectivity index (χ1n) is 8.68. The first kappa shape index (κ1) is 18.1. The Balaban J connectivity index is 1.60. The molecule has 1 aliphatic carbocycles. The molecule has 0 radical (unpaired) electrons. The Morgan fingerprint density at radius 2 is 2.00 bits per heavy atom. The molecule has 1 unspecified atom stereocenters. The maximum atomic E-state index is 12.2. The lowest BCUT2D eigenvalue weighted by atomic mass is 10.1. The van der Waals surface area contributed by atoms with Crippen molar-refractivity contribution < 1.29 is 13.2 Å². The smallest absolute Gasteiger partial charge is 0.242 e. The number of anilines is 1.